The zero-order valence-corrected chi connectivity index (χ0v) is 21.8. The van der Waals surface area contributed by atoms with Gasteiger partial charge in [-0.1, -0.05) is 37.2 Å². The first-order valence-corrected chi connectivity index (χ1v) is 13.7. The van der Waals surface area contributed by atoms with Crippen molar-refractivity contribution in [3.8, 4) is 5.75 Å². The molecule has 0 bridgehead atoms. The summed E-state index contributed by atoms with van der Waals surface area (Å²) in [5.74, 6) is 2.00. The second-order valence-electron chi connectivity index (χ2n) is 9.94. The highest BCUT2D eigenvalue weighted by molar-refractivity contribution is 7.89. The van der Waals surface area contributed by atoms with Gasteiger partial charge in [-0.05, 0) is 61.8 Å². The van der Waals surface area contributed by atoms with Crippen LogP contribution in [-0.2, 0) is 14.8 Å². The van der Waals surface area contributed by atoms with E-state index in [0.29, 0.717) is 43.5 Å². The monoisotopic (exact) mass is 501 g/mol. The van der Waals surface area contributed by atoms with Crippen molar-refractivity contribution in [2.75, 3.05) is 33.3 Å². The van der Waals surface area contributed by atoms with Crippen LogP contribution in [0.3, 0.4) is 0 Å². The summed E-state index contributed by atoms with van der Waals surface area (Å²) in [7, 11) is -2.20. The van der Waals surface area contributed by atoms with Gasteiger partial charge in [-0.2, -0.15) is 4.31 Å². The van der Waals surface area contributed by atoms with Crippen molar-refractivity contribution in [1.82, 2.24) is 14.4 Å². The van der Waals surface area contributed by atoms with E-state index in [9.17, 15) is 13.2 Å². The van der Waals surface area contributed by atoms with E-state index < -0.39 is 10.0 Å². The topological polar surface area (TPSA) is 93.0 Å². The van der Waals surface area contributed by atoms with E-state index in [1.165, 1.54) is 4.31 Å². The molecule has 1 aromatic heterocycles. The van der Waals surface area contributed by atoms with Gasteiger partial charge in [0.05, 0.1) is 7.11 Å². The third-order valence-electron chi connectivity index (χ3n) is 6.96. The Labute approximate surface area is 208 Å². The van der Waals surface area contributed by atoms with Gasteiger partial charge < -0.3 is 14.2 Å². The summed E-state index contributed by atoms with van der Waals surface area (Å²) in [5.41, 5.74) is 1.21. The van der Waals surface area contributed by atoms with Crippen LogP contribution in [0.5, 0.6) is 5.75 Å². The van der Waals surface area contributed by atoms with Crippen molar-refractivity contribution in [2.24, 2.45) is 17.8 Å². The number of hydrogen-bond donors (Lipinski definition) is 0. The predicted octanol–water partition coefficient (Wildman–Crippen LogP) is 4.07. The number of carbonyl (C=O) groups excluding carboxylic acids is 1. The molecule has 9 heteroatoms. The third-order valence-corrected chi connectivity index (χ3v) is 9.02. The van der Waals surface area contributed by atoms with Gasteiger partial charge >= 0.3 is 0 Å². The van der Waals surface area contributed by atoms with Gasteiger partial charge in [0.2, 0.25) is 15.9 Å². The highest BCUT2D eigenvalue weighted by Gasteiger charge is 2.37. The molecule has 2 atom stereocenters. The number of ether oxygens (including phenoxy) is 1. The van der Waals surface area contributed by atoms with Gasteiger partial charge in [0.25, 0.3) is 0 Å². The Bertz CT molecular complexity index is 1150. The van der Waals surface area contributed by atoms with Crippen LogP contribution in [0.1, 0.15) is 50.1 Å². The predicted molar refractivity (Wildman–Crippen MR) is 134 cm³/mol. The molecule has 1 amide bonds. The number of methoxy groups -OCH3 is 1. The average molecular weight is 502 g/mol. The number of nitrogens with zero attached hydrogens (tertiary/aromatic N) is 3. The van der Waals surface area contributed by atoms with Gasteiger partial charge in [-0.3, -0.25) is 4.79 Å². The van der Waals surface area contributed by atoms with E-state index in [0.717, 1.165) is 30.8 Å². The first-order chi connectivity index (χ1) is 16.7. The van der Waals surface area contributed by atoms with Crippen LogP contribution in [0.2, 0.25) is 0 Å². The number of amides is 1. The lowest BCUT2D eigenvalue weighted by atomic mass is 9.89. The smallest absolute Gasteiger partial charge is 0.248 e. The SMILES string of the molecule is COc1ccc(/C=C\c2onc(C)c2S(=O)(=O)N2CCC(C(=O)N3C[C@H](C)C[C@H](C)C3)CC2)cc1. The van der Waals surface area contributed by atoms with E-state index in [2.05, 4.69) is 19.0 Å². The maximum Gasteiger partial charge on any atom is 0.248 e. The lowest BCUT2D eigenvalue weighted by Gasteiger charge is -2.39. The van der Waals surface area contributed by atoms with Crippen LogP contribution in [0.15, 0.2) is 33.7 Å². The van der Waals surface area contributed by atoms with Gasteiger partial charge in [0.15, 0.2) is 10.7 Å². The van der Waals surface area contributed by atoms with Crippen LogP contribution < -0.4 is 4.74 Å². The maximum absolute atomic E-state index is 13.5. The summed E-state index contributed by atoms with van der Waals surface area (Å²) in [5, 5.41) is 3.92. The van der Waals surface area contributed by atoms with E-state index in [1.807, 2.05) is 29.2 Å². The van der Waals surface area contributed by atoms with Crippen molar-refractivity contribution in [2.45, 2.75) is 44.9 Å². The molecule has 0 radical (unpaired) electrons. The molecule has 8 nitrogen and oxygen atoms in total. The molecule has 2 aromatic rings. The minimum Gasteiger partial charge on any atom is -0.497 e. The minimum absolute atomic E-state index is 0.0886. The Kier molecular flexibility index (Phi) is 7.66. The number of likely N-dealkylation sites (tertiary alicyclic amines) is 1. The molecule has 0 saturated carbocycles. The molecule has 2 saturated heterocycles. The molecule has 1 aromatic carbocycles. The normalized spacial score (nSPS) is 22.6. The van der Waals surface area contributed by atoms with Crippen molar-refractivity contribution in [3.63, 3.8) is 0 Å². The highest BCUT2D eigenvalue weighted by atomic mass is 32.2. The Balaban J connectivity index is 1.44. The summed E-state index contributed by atoms with van der Waals surface area (Å²) < 4.78 is 39.1. The molecular weight excluding hydrogens is 466 g/mol. The quantitative estimate of drug-likeness (QED) is 0.593. The summed E-state index contributed by atoms with van der Waals surface area (Å²) in [6.45, 7) is 8.22. The number of carbonyl (C=O) groups is 1. The molecule has 2 aliphatic rings. The van der Waals surface area contributed by atoms with Gasteiger partial charge in [0, 0.05) is 32.1 Å². The Hall–Kier alpha value is -2.65. The molecule has 2 fully saturated rings. The van der Waals surface area contributed by atoms with E-state index in [1.54, 1.807) is 26.2 Å². The largest absolute Gasteiger partial charge is 0.497 e. The number of benzene rings is 1. The van der Waals surface area contributed by atoms with Crippen molar-refractivity contribution < 1.29 is 22.5 Å². The van der Waals surface area contributed by atoms with Crippen molar-refractivity contribution in [1.29, 1.82) is 0 Å². The minimum atomic E-state index is -3.81. The lowest BCUT2D eigenvalue weighted by Crippen LogP contribution is -2.48. The zero-order valence-electron chi connectivity index (χ0n) is 20.9. The molecule has 2 aliphatic heterocycles. The number of hydrogen-bond acceptors (Lipinski definition) is 6. The van der Waals surface area contributed by atoms with E-state index in [-0.39, 0.29) is 22.5 Å². The fraction of sp³-hybridized carbons (Fsp3) is 0.538. The van der Waals surface area contributed by atoms with Gasteiger partial charge in [-0.25, -0.2) is 8.42 Å². The standard InChI is InChI=1S/C26H35N3O5S/c1-18-15-19(2)17-28(16-18)26(30)22-11-13-29(14-12-22)35(31,32)25-20(3)27-34-24(25)10-7-21-5-8-23(33-4)9-6-21/h5-10,18-19,22H,11-17H2,1-4H3/b10-7-/t18-,19+. The number of rotatable bonds is 6. The Morgan fingerprint density at radius 3 is 2.31 bits per heavy atom. The fourth-order valence-corrected chi connectivity index (χ4v) is 6.98. The second-order valence-corrected chi connectivity index (χ2v) is 11.8. The van der Waals surface area contributed by atoms with Gasteiger partial charge in [-0.15, -0.1) is 0 Å². The van der Waals surface area contributed by atoms with Crippen LogP contribution >= 0.6 is 0 Å². The van der Waals surface area contributed by atoms with Crippen LogP contribution in [0.4, 0.5) is 0 Å². The second kappa shape index (κ2) is 10.5. The summed E-state index contributed by atoms with van der Waals surface area (Å²) in [6.07, 6.45) is 5.61. The molecule has 190 valence electrons. The number of aromatic nitrogens is 1. The van der Waals surface area contributed by atoms with Crippen LogP contribution in [-0.4, -0.2) is 62.0 Å². The number of sulfonamides is 1. The Morgan fingerprint density at radius 1 is 1.09 bits per heavy atom. The van der Waals surface area contributed by atoms with E-state index in [4.69, 9.17) is 9.26 Å². The first-order valence-electron chi connectivity index (χ1n) is 12.3. The van der Waals surface area contributed by atoms with Crippen molar-refractivity contribution >= 4 is 28.1 Å². The van der Waals surface area contributed by atoms with Crippen LogP contribution in [0, 0.1) is 24.7 Å². The molecule has 0 unspecified atom stereocenters. The Morgan fingerprint density at radius 2 is 1.71 bits per heavy atom. The maximum atomic E-state index is 13.5. The molecule has 35 heavy (non-hydrogen) atoms. The summed E-state index contributed by atoms with van der Waals surface area (Å²) >= 11 is 0. The van der Waals surface area contributed by atoms with Crippen LogP contribution in [0.25, 0.3) is 12.2 Å². The zero-order chi connectivity index (χ0) is 25.2. The average Bonchev–Trinajstić information content (AvgIpc) is 3.23. The van der Waals surface area contributed by atoms with Crippen molar-refractivity contribution in [3.05, 3.63) is 41.3 Å². The van der Waals surface area contributed by atoms with Gasteiger partial charge in [0.1, 0.15) is 11.4 Å². The number of piperidine rings is 2. The third kappa shape index (κ3) is 5.62. The summed E-state index contributed by atoms with van der Waals surface area (Å²) in [4.78, 5) is 15.2. The molecule has 0 N–H and O–H groups in total. The highest BCUT2D eigenvalue weighted by Crippen LogP contribution is 2.31. The molecule has 4 rings (SSSR count). The first kappa shape index (κ1) is 25.4. The van der Waals surface area contributed by atoms with E-state index >= 15 is 0 Å². The molecule has 3 heterocycles. The summed E-state index contributed by atoms with van der Waals surface area (Å²) in [6, 6.07) is 7.41. The fourth-order valence-electron chi connectivity index (χ4n) is 5.26. The molecule has 0 aliphatic carbocycles. The molecule has 0 spiro atoms. The molecular formula is C26H35N3O5S. The number of aryl methyl sites for hydroxylation is 1. The lowest BCUT2D eigenvalue weighted by molar-refractivity contribution is -0.139.